The highest BCUT2D eigenvalue weighted by atomic mass is 16.3. The molecule has 2 aliphatic rings. The molecule has 0 amide bonds. The van der Waals surface area contributed by atoms with Crippen molar-refractivity contribution in [3.63, 3.8) is 0 Å². The summed E-state index contributed by atoms with van der Waals surface area (Å²) in [4.78, 5) is 2.67. The van der Waals surface area contributed by atoms with Crippen LogP contribution in [0.25, 0.3) is 0 Å². The number of furan rings is 1. The van der Waals surface area contributed by atoms with E-state index in [9.17, 15) is 0 Å². The number of piperidine rings is 1. The van der Waals surface area contributed by atoms with E-state index in [-0.39, 0.29) is 0 Å². The maximum absolute atomic E-state index is 5.43. The summed E-state index contributed by atoms with van der Waals surface area (Å²) in [5.41, 5.74) is 0. The topological polar surface area (TPSA) is 28.4 Å². The SMILES string of the molecule is CC(C)N1CC2CCCC(C1)C2NCc1ccco1. The average Bonchev–Trinajstić information content (AvgIpc) is 2.88. The van der Waals surface area contributed by atoms with Gasteiger partial charge in [-0.05, 0) is 50.7 Å². The third kappa shape index (κ3) is 2.87. The Hall–Kier alpha value is -0.800. The van der Waals surface area contributed by atoms with Crippen molar-refractivity contribution in [1.82, 2.24) is 10.2 Å². The molecule has 1 saturated heterocycles. The summed E-state index contributed by atoms with van der Waals surface area (Å²) in [5.74, 6) is 2.71. The molecule has 2 bridgehead atoms. The van der Waals surface area contributed by atoms with Crippen molar-refractivity contribution in [2.24, 2.45) is 11.8 Å². The second kappa shape index (κ2) is 5.68. The van der Waals surface area contributed by atoms with Gasteiger partial charge in [0.15, 0.2) is 0 Å². The van der Waals surface area contributed by atoms with Crippen molar-refractivity contribution in [2.45, 2.75) is 51.7 Å². The molecule has 0 aromatic carbocycles. The van der Waals surface area contributed by atoms with E-state index in [4.69, 9.17) is 4.42 Å². The van der Waals surface area contributed by atoms with Crippen LogP contribution < -0.4 is 5.32 Å². The van der Waals surface area contributed by atoms with Gasteiger partial charge in [-0.15, -0.1) is 0 Å². The van der Waals surface area contributed by atoms with Crippen LogP contribution in [0.5, 0.6) is 0 Å². The molecule has 0 radical (unpaired) electrons. The second-order valence-electron chi connectivity index (χ2n) is 6.48. The molecule has 0 spiro atoms. The lowest BCUT2D eigenvalue weighted by atomic mass is 9.73. The smallest absolute Gasteiger partial charge is 0.117 e. The molecule has 1 aromatic rings. The fourth-order valence-electron chi connectivity index (χ4n) is 3.86. The highest BCUT2D eigenvalue weighted by molar-refractivity contribution is 5.00. The van der Waals surface area contributed by atoms with Crippen LogP contribution in [-0.4, -0.2) is 30.1 Å². The number of hydrogen-bond acceptors (Lipinski definition) is 3. The third-order valence-corrected chi connectivity index (χ3v) is 4.93. The largest absolute Gasteiger partial charge is 0.468 e. The molecule has 3 nitrogen and oxygen atoms in total. The van der Waals surface area contributed by atoms with Crippen LogP contribution in [0.2, 0.25) is 0 Å². The first-order valence-corrected chi connectivity index (χ1v) is 7.74. The van der Waals surface area contributed by atoms with Crippen molar-refractivity contribution >= 4 is 0 Å². The van der Waals surface area contributed by atoms with Gasteiger partial charge in [0, 0.05) is 25.2 Å². The van der Waals surface area contributed by atoms with Gasteiger partial charge in [0.1, 0.15) is 5.76 Å². The van der Waals surface area contributed by atoms with Crippen molar-refractivity contribution < 1.29 is 4.42 Å². The average molecular weight is 262 g/mol. The Labute approximate surface area is 116 Å². The molecule has 1 aliphatic heterocycles. The number of fused-ring (bicyclic) bond motifs is 2. The molecule has 1 aromatic heterocycles. The summed E-state index contributed by atoms with van der Waals surface area (Å²) >= 11 is 0. The predicted molar refractivity (Wildman–Crippen MR) is 76.9 cm³/mol. The molecule has 2 atom stereocenters. The minimum absolute atomic E-state index is 0.689. The lowest BCUT2D eigenvalue weighted by Gasteiger charge is -2.49. The van der Waals surface area contributed by atoms with Gasteiger partial charge in [-0.25, -0.2) is 0 Å². The monoisotopic (exact) mass is 262 g/mol. The number of nitrogens with zero attached hydrogens (tertiary/aromatic N) is 1. The van der Waals surface area contributed by atoms with Gasteiger partial charge in [-0.3, -0.25) is 0 Å². The summed E-state index contributed by atoms with van der Waals surface area (Å²) in [6.45, 7) is 8.07. The molecular weight excluding hydrogens is 236 g/mol. The van der Waals surface area contributed by atoms with E-state index in [1.807, 2.05) is 6.07 Å². The van der Waals surface area contributed by atoms with E-state index in [0.29, 0.717) is 12.1 Å². The number of rotatable bonds is 4. The van der Waals surface area contributed by atoms with Gasteiger partial charge in [0.25, 0.3) is 0 Å². The normalized spacial score (nSPS) is 31.8. The summed E-state index contributed by atoms with van der Waals surface area (Å²) in [7, 11) is 0. The zero-order valence-corrected chi connectivity index (χ0v) is 12.1. The van der Waals surface area contributed by atoms with Crippen LogP contribution in [0.4, 0.5) is 0 Å². The molecule has 19 heavy (non-hydrogen) atoms. The van der Waals surface area contributed by atoms with Crippen LogP contribution in [0.3, 0.4) is 0 Å². The quantitative estimate of drug-likeness (QED) is 0.904. The maximum Gasteiger partial charge on any atom is 0.117 e. The summed E-state index contributed by atoms with van der Waals surface area (Å²) in [6.07, 6.45) is 5.95. The molecule has 106 valence electrons. The van der Waals surface area contributed by atoms with E-state index < -0.39 is 0 Å². The summed E-state index contributed by atoms with van der Waals surface area (Å²) < 4.78 is 5.43. The molecule has 2 fully saturated rings. The minimum atomic E-state index is 0.689. The molecule has 1 N–H and O–H groups in total. The summed E-state index contributed by atoms with van der Waals surface area (Å²) in [5, 5.41) is 3.77. The van der Waals surface area contributed by atoms with Gasteiger partial charge in [0.05, 0.1) is 12.8 Å². The lowest BCUT2D eigenvalue weighted by Crippen LogP contribution is -2.58. The van der Waals surface area contributed by atoms with Gasteiger partial charge in [-0.1, -0.05) is 6.42 Å². The first-order valence-electron chi connectivity index (χ1n) is 7.74. The summed E-state index contributed by atoms with van der Waals surface area (Å²) in [6, 6.07) is 5.41. The van der Waals surface area contributed by atoms with Crippen LogP contribution >= 0.6 is 0 Å². The van der Waals surface area contributed by atoms with Crippen LogP contribution in [0.1, 0.15) is 38.9 Å². The van der Waals surface area contributed by atoms with Crippen molar-refractivity contribution in [3.05, 3.63) is 24.2 Å². The molecule has 2 heterocycles. The first-order chi connectivity index (χ1) is 9.24. The van der Waals surface area contributed by atoms with E-state index in [1.165, 1.54) is 32.4 Å². The predicted octanol–water partition coefficient (Wildman–Crippen LogP) is 2.88. The Bertz CT molecular complexity index is 373. The number of hydrogen-bond donors (Lipinski definition) is 1. The van der Waals surface area contributed by atoms with Gasteiger partial charge < -0.3 is 14.6 Å². The Morgan fingerprint density at radius 3 is 2.63 bits per heavy atom. The minimum Gasteiger partial charge on any atom is -0.468 e. The van der Waals surface area contributed by atoms with E-state index in [0.717, 1.165) is 24.1 Å². The van der Waals surface area contributed by atoms with Crippen molar-refractivity contribution in [2.75, 3.05) is 13.1 Å². The molecule has 1 saturated carbocycles. The Morgan fingerprint density at radius 2 is 2.05 bits per heavy atom. The van der Waals surface area contributed by atoms with E-state index >= 15 is 0 Å². The number of nitrogens with one attached hydrogen (secondary N) is 1. The first kappa shape index (κ1) is 13.2. The highest BCUT2D eigenvalue weighted by Gasteiger charge is 2.39. The van der Waals surface area contributed by atoms with Crippen molar-refractivity contribution in [3.8, 4) is 0 Å². The molecular formula is C16H26N2O. The molecule has 2 unspecified atom stereocenters. The third-order valence-electron chi connectivity index (χ3n) is 4.93. The number of likely N-dealkylation sites (tertiary alicyclic amines) is 1. The van der Waals surface area contributed by atoms with Crippen LogP contribution in [-0.2, 0) is 6.54 Å². The van der Waals surface area contributed by atoms with Gasteiger partial charge in [-0.2, -0.15) is 0 Å². The second-order valence-corrected chi connectivity index (χ2v) is 6.48. The van der Waals surface area contributed by atoms with Crippen LogP contribution in [0, 0.1) is 11.8 Å². The maximum atomic E-state index is 5.43. The Balaban J connectivity index is 1.62. The lowest BCUT2D eigenvalue weighted by molar-refractivity contribution is 0.0283. The zero-order valence-electron chi connectivity index (χ0n) is 12.1. The molecule has 3 heteroatoms. The molecule has 1 aliphatic carbocycles. The van der Waals surface area contributed by atoms with E-state index in [1.54, 1.807) is 6.26 Å². The van der Waals surface area contributed by atoms with Gasteiger partial charge in [0.2, 0.25) is 0 Å². The molecule has 3 rings (SSSR count). The zero-order chi connectivity index (χ0) is 13.2. The fraction of sp³-hybridized carbons (Fsp3) is 0.750. The van der Waals surface area contributed by atoms with Crippen LogP contribution in [0.15, 0.2) is 22.8 Å². The fourth-order valence-corrected chi connectivity index (χ4v) is 3.86. The standard InChI is InChI=1S/C16H26N2O/c1-12(2)18-10-13-5-3-6-14(11-18)16(13)17-9-15-7-4-8-19-15/h4,7-8,12-14,16-17H,3,5-6,9-11H2,1-2H3. The Kier molecular flexibility index (Phi) is 3.94. The van der Waals surface area contributed by atoms with Gasteiger partial charge >= 0.3 is 0 Å². The highest BCUT2D eigenvalue weighted by Crippen LogP contribution is 2.35. The van der Waals surface area contributed by atoms with E-state index in [2.05, 4.69) is 30.1 Å². The Morgan fingerprint density at radius 1 is 1.32 bits per heavy atom. The van der Waals surface area contributed by atoms with Crippen molar-refractivity contribution in [1.29, 1.82) is 0 Å².